The van der Waals surface area contributed by atoms with Gasteiger partial charge in [-0.2, -0.15) is 0 Å². The SMILES string of the molecule is COc1ccc(Br)c(COc2ccc(N)cc2Cl)c1. The van der Waals surface area contributed by atoms with Crippen LogP contribution in [-0.4, -0.2) is 7.11 Å². The summed E-state index contributed by atoms with van der Waals surface area (Å²) in [5, 5.41) is 0.499. The Hall–Kier alpha value is -1.39. The normalized spacial score (nSPS) is 10.3. The van der Waals surface area contributed by atoms with E-state index >= 15 is 0 Å². The molecule has 0 bridgehead atoms. The standard InChI is InChI=1S/C14H13BrClNO2/c1-18-11-3-4-12(15)9(6-11)8-19-14-5-2-10(17)7-13(14)16/h2-7H,8,17H2,1H3. The second kappa shape index (κ2) is 6.17. The third kappa shape index (κ3) is 3.55. The van der Waals surface area contributed by atoms with Crippen LogP contribution < -0.4 is 15.2 Å². The Balaban J connectivity index is 2.14. The van der Waals surface area contributed by atoms with Gasteiger partial charge in [-0.25, -0.2) is 0 Å². The van der Waals surface area contributed by atoms with Gasteiger partial charge < -0.3 is 15.2 Å². The number of rotatable bonds is 4. The molecule has 0 saturated heterocycles. The van der Waals surface area contributed by atoms with Crippen LogP contribution in [0.1, 0.15) is 5.56 Å². The van der Waals surface area contributed by atoms with Gasteiger partial charge >= 0.3 is 0 Å². The van der Waals surface area contributed by atoms with Crippen LogP contribution in [-0.2, 0) is 6.61 Å². The topological polar surface area (TPSA) is 44.5 Å². The Labute approximate surface area is 125 Å². The third-order valence-corrected chi connectivity index (χ3v) is 3.66. The molecule has 2 N–H and O–H groups in total. The van der Waals surface area contributed by atoms with E-state index in [1.807, 2.05) is 18.2 Å². The first-order valence-corrected chi connectivity index (χ1v) is 6.77. The highest BCUT2D eigenvalue weighted by Crippen LogP contribution is 2.29. The van der Waals surface area contributed by atoms with Gasteiger partial charge in [-0.15, -0.1) is 0 Å². The average Bonchev–Trinajstić information content (AvgIpc) is 2.39. The summed E-state index contributed by atoms with van der Waals surface area (Å²) in [7, 11) is 1.63. The van der Waals surface area contributed by atoms with E-state index in [0.29, 0.717) is 23.1 Å². The van der Waals surface area contributed by atoms with Gasteiger partial charge in [0.1, 0.15) is 18.1 Å². The molecule has 0 aliphatic heterocycles. The number of anilines is 1. The predicted octanol–water partition coefficient (Wildman–Crippen LogP) is 4.27. The molecule has 100 valence electrons. The number of ether oxygens (including phenoxy) is 2. The number of benzene rings is 2. The van der Waals surface area contributed by atoms with Gasteiger partial charge in [-0.1, -0.05) is 27.5 Å². The molecule has 0 aromatic heterocycles. The fraction of sp³-hybridized carbons (Fsp3) is 0.143. The summed E-state index contributed by atoms with van der Waals surface area (Å²) in [5.41, 5.74) is 7.22. The van der Waals surface area contributed by atoms with Crippen LogP contribution in [0.4, 0.5) is 5.69 Å². The smallest absolute Gasteiger partial charge is 0.138 e. The summed E-state index contributed by atoms with van der Waals surface area (Å²) in [5.74, 6) is 1.38. The summed E-state index contributed by atoms with van der Waals surface area (Å²) in [6.07, 6.45) is 0. The highest BCUT2D eigenvalue weighted by molar-refractivity contribution is 9.10. The van der Waals surface area contributed by atoms with Crippen molar-refractivity contribution in [3.63, 3.8) is 0 Å². The second-order valence-corrected chi connectivity index (χ2v) is 5.20. The fourth-order valence-electron chi connectivity index (χ4n) is 1.58. The van der Waals surface area contributed by atoms with E-state index in [1.54, 1.807) is 25.3 Å². The lowest BCUT2D eigenvalue weighted by Crippen LogP contribution is -1.98. The highest BCUT2D eigenvalue weighted by atomic mass is 79.9. The second-order valence-electron chi connectivity index (χ2n) is 3.94. The van der Waals surface area contributed by atoms with E-state index in [1.165, 1.54) is 0 Å². The Morgan fingerprint density at radius 2 is 2.00 bits per heavy atom. The minimum absolute atomic E-state index is 0.390. The number of hydrogen-bond donors (Lipinski definition) is 1. The maximum atomic E-state index is 6.05. The number of nitrogens with two attached hydrogens (primary N) is 1. The quantitative estimate of drug-likeness (QED) is 0.844. The molecule has 0 aliphatic carbocycles. The average molecular weight is 343 g/mol. The molecule has 2 rings (SSSR count). The summed E-state index contributed by atoms with van der Waals surface area (Å²) >= 11 is 9.53. The fourth-order valence-corrected chi connectivity index (χ4v) is 2.18. The van der Waals surface area contributed by atoms with Gasteiger partial charge in [0.05, 0.1) is 12.1 Å². The third-order valence-electron chi connectivity index (χ3n) is 2.59. The highest BCUT2D eigenvalue weighted by Gasteiger charge is 2.06. The lowest BCUT2D eigenvalue weighted by Gasteiger charge is -2.11. The summed E-state index contributed by atoms with van der Waals surface area (Å²) in [6.45, 7) is 0.390. The first-order chi connectivity index (χ1) is 9.10. The van der Waals surface area contributed by atoms with E-state index in [9.17, 15) is 0 Å². The molecule has 0 amide bonds. The molecule has 3 nitrogen and oxygen atoms in total. The largest absolute Gasteiger partial charge is 0.497 e. The predicted molar refractivity (Wildman–Crippen MR) is 80.9 cm³/mol. The van der Waals surface area contributed by atoms with Crippen molar-refractivity contribution in [3.8, 4) is 11.5 Å². The van der Waals surface area contributed by atoms with E-state index in [-0.39, 0.29) is 0 Å². The Bertz CT molecular complexity index is 590. The van der Waals surface area contributed by atoms with Crippen LogP contribution >= 0.6 is 27.5 Å². The molecule has 2 aromatic carbocycles. The molecule has 0 fully saturated rings. The minimum Gasteiger partial charge on any atom is -0.497 e. The van der Waals surface area contributed by atoms with Gasteiger partial charge in [0.25, 0.3) is 0 Å². The molecule has 0 saturated carbocycles. The molecular formula is C14H13BrClNO2. The van der Waals surface area contributed by atoms with E-state index < -0.39 is 0 Å². The van der Waals surface area contributed by atoms with Gasteiger partial charge in [0.2, 0.25) is 0 Å². The number of hydrogen-bond acceptors (Lipinski definition) is 3. The maximum absolute atomic E-state index is 6.05. The van der Waals surface area contributed by atoms with Crippen molar-refractivity contribution in [1.82, 2.24) is 0 Å². The minimum atomic E-state index is 0.390. The first-order valence-electron chi connectivity index (χ1n) is 5.60. The number of methoxy groups -OCH3 is 1. The first kappa shape index (κ1) is 14.0. The molecule has 0 atom stereocenters. The van der Waals surface area contributed by atoms with Crippen molar-refractivity contribution in [2.75, 3.05) is 12.8 Å². The van der Waals surface area contributed by atoms with Crippen molar-refractivity contribution >= 4 is 33.2 Å². The van der Waals surface area contributed by atoms with Crippen LogP contribution in [0.25, 0.3) is 0 Å². The zero-order valence-corrected chi connectivity index (χ0v) is 12.7. The molecule has 5 heteroatoms. The van der Waals surface area contributed by atoms with E-state index in [4.69, 9.17) is 26.8 Å². The van der Waals surface area contributed by atoms with Gasteiger partial charge in [0.15, 0.2) is 0 Å². The molecule has 0 spiro atoms. The van der Waals surface area contributed by atoms with E-state index in [2.05, 4.69) is 15.9 Å². The maximum Gasteiger partial charge on any atom is 0.138 e. The van der Waals surface area contributed by atoms with Crippen molar-refractivity contribution in [2.24, 2.45) is 0 Å². The molecule has 2 aromatic rings. The summed E-state index contributed by atoms with van der Waals surface area (Å²) < 4.78 is 11.8. The molecular weight excluding hydrogens is 330 g/mol. The van der Waals surface area contributed by atoms with Gasteiger partial charge in [-0.3, -0.25) is 0 Å². The number of nitrogen functional groups attached to an aromatic ring is 1. The lowest BCUT2D eigenvalue weighted by molar-refractivity contribution is 0.304. The molecule has 0 heterocycles. The molecule has 0 radical (unpaired) electrons. The zero-order valence-electron chi connectivity index (χ0n) is 10.3. The lowest BCUT2D eigenvalue weighted by atomic mass is 10.2. The number of halogens is 2. The monoisotopic (exact) mass is 341 g/mol. The van der Waals surface area contributed by atoms with Crippen LogP contribution in [0.3, 0.4) is 0 Å². The van der Waals surface area contributed by atoms with Crippen LogP contribution in [0, 0.1) is 0 Å². The Kier molecular flexibility index (Phi) is 4.56. The van der Waals surface area contributed by atoms with Crippen molar-refractivity contribution in [3.05, 3.63) is 51.5 Å². The molecule has 19 heavy (non-hydrogen) atoms. The van der Waals surface area contributed by atoms with Crippen LogP contribution in [0.15, 0.2) is 40.9 Å². The van der Waals surface area contributed by atoms with Crippen molar-refractivity contribution in [1.29, 1.82) is 0 Å². The zero-order chi connectivity index (χ0) is 13.8. The van der Waals surface area contributed by atoms with Gasteiger partial charge in [0, 0.05) is 15.7 Å². The van der Waals surface area contributed by atoms with Crippen LogP contribution in [0.5, 0.6) is 11.5 Å². The Morgan fingerprint density at radius 1 is 1.21 bits per heavy atom. The van der Waals surface area contributed by atoms with Crippen LogP contribution in [0.2, 0.25) is 5.02 Å². The Morgan fingerprint density at radius 3 is 2.68 bits per heavy atom. The van der Waals surface area contributed by atoms with E-state index in [0.717, 1.165) is 15.8 Å². The summed E-state index contributed by atoms with van der Waals surface area (Å²) in [6, 6.07) is 10.9. The van der Waals surface area contributed by atoms with Gasteiger partial charge in [-0.05, 0) is 36.4 Å². The summed E-state index contributed by atoms with van der Waals surface area (Å²) in [4.78, 5) is 0. The molecule has 0 unspecified atom stereocenters. The molecule has 0 aliphatic rings. The van der Waals surface area contributed by atoms with Crippen molar-refractivity contribution in [2.45, 2.75) is 6.61 Å². The van der Waals surface area contributed by atoms with Crippen molar-refractivity contribution < 1.29 is 9.47 Å².